The molecule has 0 atom stereocenters. The number of nitrogens with zero attached hydrogens (tertiary/aromatic N) is 2. The monoisotopic (exact) mass is 339 g/mol. The molecule has 0 amide bonds. The third-order valence-electron chi connectivity index (χ3n) is 4.14. The Kier molecular flexibility index (Phi) is 4.81. The van der Waals surface area contributed by atoms with Gasteiger partial charge in [0, 0.05) is 0 Å². The van der Waals surface area contributed by atoms with E-state index in [1.54, 1.807) is 12.1 Å². The molecular weight excluding hydrogens is 318 g/mol. The molecule has 2 aromatic carbocycles. The van der Waals surface area contributed by atoms with Gasteiger partial charge < -0.3 is 5.11 Å². The first-order valence-electron chi connectivity index (χ1n) is 8.17. The van der Waals surface area contributed by atoms with Crippen LogP contribution >= 0.6 is 12.2 Å². The number of phenolic OH excluding ortho intramolecular Hbond substituents is 1. The second-order valence-corrected chi connectivity index (χ2v) is 6.32. The van der Waals surface area contributed by atoms with E-state index < -0.39 is 0 Å². The third-order valence-corrected chi connectivity index (χ3v) is 4.41. The molecule has 3 rings (SSSR count). The minimum absolute atomic E-state index is 0.185. The van der Waals surface area contributed by atoms with Gasteiger partial charge in [-0.3, -0.25) is 9.67 Å². The number of unbranched alkanes of at least 4 members (excludes halogenated alkanes) is 1. The zero-order valence-electron chi connectivity index (χ0n) is 13.9. The minimum atomic E-state index is 0.185. The number of hydrogen-bond donors (Lipinski definition) is 2. The maximum atomic E-state index is 10.2. The average molecular weight is 339 g/mol. The number of phenols is 1. The van der Waals surface area contributed by atoms with Gasteiger partial charge in [-0.25, -0.2) is 0 Å². The number of hydrogen-bond acceptors (Lipinski definition) is 3. The van der Waals surface area contributed by atoms with E-state index in [-0.39, 0.29) is 5.75 Å². The van der Waals surface area contributed by atoms with Crippen molar-refractivity contribution in [3.63, 3.8) is 0 Å². The van der Waals surface area contributed by atoms with Crippen LogP contribution in [-0.4, -0.2) is 19.9 Å². The molecule has 0 saturated carbocycles. The summed E-state index contributed by atoms with van der Waals surface area (Å²) >= 11 is 5.42. The highest BCUT2D eigenvalue weighted by molar-refractivity contribution is 7.71. The summed E-state index contributed by atoms with van der Waals surface area (Å²) < 4.78 is 2.39. The van der Waals surface area contributed by atoms with Crippen LogP contribution in [0.25, 0.3) is 17.1 Å². The van der Waals surface area contributed by atoms with Gasteiger partial charge in [0.2, 0.25) is 0 Å². The van der Waals surface area contributed by atoms with Crippen molar-refractivity contribution < 1.29 is 5.11 Å². The van der Waals surface area contributed by atoms with Crippen LogP contribution in [0.5, 0.6) is 5.75 Å². The highest BCUT2D eigenvalue weighted by Gasteiger charge is 2.15. The molecule has 0 fully saturated rings. The zero-order chi connectivity index (χ0) is 17.1. The molecule has 124 valence electrons. The summed E-state index contributed by atoms with van der Waals surface area (Å²) in [7, 11) is 0. The van der Waals surface area contributed by atoms with Crippen LogP contribution < -0.4 is 0 Å². The van der Waals surface area contributed by atoms with E-state index in [0.29, 0.717) is 16.2 Å². The summed E-state index contributed by atoms with van der Waals surface area (Å²) in [4.78, 5) is 0. The SMILES string of the molecule is CCCCc1ccc(-n2c(-c3ccccc3O)n[nH]c2=S)c(C)c1. The van der Waals surface area contributed by atoms with Crippen LogP contribution in [-0.2, 0) is 6.42 Å². The number of H-pyrrole nitrogens is 1. The molecule has 0 aliphatic heterocycles. The van der Waals surface area contributed by atoms with Crippen LogP contribution in [0.2, 0.25) is 0 Å². The molecule has 0 bridgehead atoms. The molecule has 1 heterocycles. The quantitative estimate of drug-likeness (QED) is 0.646. The van der Waals surface area contributed by atoms with Crippen molar-refractivity contribution in [3.05, 3.63) is 58.4 Å². The van der Waals surface area contributed by atoms with Crippen molar-refractivity contribution >= 4 is 12.2 Å². The molecule has 0 unspecified atom stereocenters. The number of aromatic amines is 1. The molecule has 0 aliphatic rings. The Hall–Kier alpha value is -2.40. The van der Waals surface area contributed by atoms with Crippen LogP contribution in [0.3, 0.4) is 0 Å². The van der Waals surface area contributed by atoms with Gasteiger partial charge in [0.25, 0.3) is 0 Å². The fourth-order valence-corrected chi connectivity index (χ4v) is 3.10. The summed E-state index contributed by atoms with van der Waals surface area (Å²) in [5.74, 6) is 0.799. The molecule has 2 N–H and O–H groups in total. The molecular formula is C19H21N3OS. The fourth-order valence-electron chi connectivity index (χ4n) is 2.87. The number of para-hydroxylation sites is 1. The Morgan fingerprint density at radius 1 is 1.21 bits per heavy atom. The molecule has 4 nitrogen and oxygen atoms in total. The van der Waals surface area contributed by atoms with Crippen LogP contribution in [0.1, 0.15) is 30.9 Å². The van der Waals surface area contributed by atoms with Crippen molar-refractivity contribution in [1.29, 1.82) is 0 Å². The van der Waals surface area contributed by atoms with E-state index in [4.69, 9.17) is 12.2 Å². The molecule has 0 aliphatic carbocycles. The van der Waals surface area contributed by atoms with E-state index >= 15 is 0 Å². The van der Waals surface area contributed by atoms with Gasteiger partial charge in [0.1, 0.15) is 5.75 Å². The molecule has 3 aromatic rings. The lowest BCUT2D eigenvalue weighted by atomic mass is 10.0. The number of benzene rings is 2. The first-order valence-corrected chi connectivity index (χ1v) is 8.58. The van der Waals surface area contributed by atoms with Crippen LogP contribution in [0.15, 0.2) is 42.5 Å². The molecule has 0 radical (unpaired) electrons. The standard InChI is InChI=1S/C19H21N3OS/c1-3-4-7-14-10-11-16(13(2)12-14)22-18(20-21-19(22)24)15-8-5-6-9-17(15)23/h5-6,8-12,23H,3-4,7H2,1-2H3,(H,21,24). The average Bonchev–Trinajstić information content (AvgIpc) is 2.95. The molecule has 1 aromatic heterocycles. The Labute approximate surface area is 146 Å². The second kappa shape index (κ2) is 7.01. The van der Waals surface area contributed by atoms with Crippen molar-refractivity contribution in [2.45, 2.75) is 33.1 Å². The normalized spacial score (nSPS) is 10.9. The van der Waals surface area contributed by atoms with Crippen molar-refractivity contribution in [1.82, 2.24) is 14.8 Å². The van der Waals surface area contributed by atoms with E-state index in [1.165, 1.54) is 18.4 Å². The highest BCUT2D eigenvalue weighted by atomic mass is 32.1. The number of rotatable bonds is 5. The van der Waals surface area contributed by atoms with Crippen molar-refractivity contribution in [2.24, 2.45) is 0 Å². The highest BCUT2D eigenvalue weighted by Crippen LogP contribution is 2.30. The van der Waals surface area contributed by atoms with Crippen LogP contribution in [0, 0.1) is 11.7 Å². The molecule has 24 heavy (non-hydrogen) atoms. The lowest BCUT2D eigenvalue weighted by Gasteiger charge is -2.12. The first kappa shape index (κ1) is 16.5. The minimum Gasteiger partial charge on any atom is -0.507 e. The van der Waals surface area contributed by atoms with Gasteiger partial charge in [-0.2, -0.15) is 5.10 Å². The summed E-state index contributed by atoms with van der Waals surface area (Å²) in [5.41, 5.74) is 4.10. The topological polar surface area (TPSA) is 53.8 Å². The van der Waals surface area contributed by atoms with Gasteiger partial charge in [-0.15, -0.1) is 0 Å². The third kappa shape index (κ3) is 3.12. The summed E-state index contributed by atoms with van der Waals surface area (Å²) in [6, 6.07) is 13.6. The predicted molar refractivity (Wildman–Crippen MR) is 99.2 cm³/mol. The van der Waals surface area contributed by atoms with Gasteiger partial charge in [-0.05, 0) is 61.3 Å². The fraction of sp³-hybridized carbons (Fsp3) is 0.263. The summed E-state index contributed by atoms with van der Waals surface area (Å²) in [6.07, 6.45) is 3.46. The summed E-state index contributed by atoms with van der Waals surface area (Å²) in [5, 5.41) is 17.3. The maximum Gasteiger partial charge on any atom is 0.200 e. The molecule has 0 spiro atoms. The van der Waals surface area contributed by atoms with Crippen LogP contribution in [0.4, 0.5) is 0 Å². The lowest BCUT2D eigenvalue weighted by molar-refractivity contribution is 0.476. The number of aromatic hydroxyl groups is 1. The smallest absolute Gasteiger partial charge is 0.200 e. The molecule has 5 heteroatoms. The van der Waals surface area contributed by atoms with Gasteiger partial charge in [0.15, 0.2) is 10.6 Å². The second-order valence-electron chi connectivity index (χ2n) is 5.93. The number of aryl methyl sites for hydroxylation is 2. The van der Waals surface area contributed by atoms with E-state index in [9.17, 15) is 5.11 Å². The van der Waals surface area contributed by atoms with Gasteiger partial charge in [0.05, 0.1) is 11.3 Å². The van der Waals surface area contributed by atoms with E-state index in [0.717, 1.165) is 17.7 Å². The van der Waals surface area contributed by atoms with E-state index in [1.807, 2.05) is 16.7 Å². The Bertz CT molecular complexity index is 911. The van der Waals surface area contributed by atoms with E-state index in [2.05, 4.69) is 42.2 Å². The number of aromatic nitrogens is 3. The predicted octanol–water partition coefficient (Wildman–Crippen LogP) is 4.95. The Morgan fingerprint density at radius 2 is 2.00 bits per heavy atom. The Morgan fingerprint density at radius 3 is 2.71 bits per heavy atom. The van der Waals surface area contributed by atoms with Gasteiger partial charge >= 0.3 is 0 Å². The zero-order valence-corrected chi connectivity index (χ0v) is 14.7. The largest absolute Gasteiger partial charge is 0.507 e. The van der Waals surface area contributed by atoms with Crippen molar-refractivity contribution in [2.75, 3.05) is 0 Å². The Balaban J connectivity index is 2.10. The van der Waals surface area contributed by atoms with Crippen molar-refractivity contribution in [3.8, 4) is 22.8 Å². The lowest BCUT2D eigenvalue weighted by Crippen LogP contribution is -2.01. The maximum absolute atomic E-state index is 10.2. The molecule has 0 saturated heterocycles. The summed E-state index contributed by atoms with van der Waals surface area (Å²) in [6.45, 7) is 4.28. The number of nitrogens with one attached hydrogen (secondary N) is 1. The first-order chi connectivity index (χ1) is 11.6. The van der Waals surface area contributed by atoms with Gasteiger partial charge in [-0.1, -0.05) is 37.6 Å².